The third-order valence-corrected chi connectivity index (χ3v) is 2.51. The molecular formula is C10H10N8O4. The molecule has 0 bridgehead atoms. The number of hydrazone groups is 1. The summed E-state index contributed by atoms with van der Waals surface area (Å²) in [6, 6.07) is 3.18. The zero-order valence-electron chi connectivity index (χ0n) is 11.3. The molecule has 22 heavy (non-hydrogen) atoms. The first-order valence-electron chi connectivity index (χ1n) is 6.01. The van der Waals surface area contributed by atoms with Crippen molar-refractivity contribution in [3.05, 3.63) is 44.3 Å². The Bertz CT molecular complexity index is 740. The Kier molecular flexibility index (Phi) is 4.31. The van der Waals surface area contributed by atoms with Crippen LogP contribution < -0.4 is 5.43 Å². The van der Waals surface area contributed by atoms with Gasteiger partial charge in [-0.3, -0.25) is 25.7 Å². The fourth-order valence-electron chi connectivity index (χ4n) is 1.48. The maximum Gasteiger partial charge on any atom is 0.301 e. The predicted molar refractivity (Wildman–Crippen MR) is 74.5 cm³/mol. The van der Waals surface area contributed by atoms with Crippen molar-refractivity contribution >= 4 is 23.3 Å². The minimum absolute atomic E-state index is 0.00901. The van der Waals surface area contributed by atoms with E-state index < -0.39 is 15.5 Å². The maximum absolute atomic E-state index is 10.9. The SMILES string of the molecule is CCn1nnc(/C=N/Nc2ccc([N+](=O)[O-])cc2[N+](=O)[O-])n1. The molecule has 0 radical (unpaired) electrons. The van der Waals surface area contributed by atoms with Crippen molar-refractivity contribution in [1.82, 2.24) is 20.2 Å². The number of tetrazole rings is 1. The molecule has 114 valence electrons. The van der Waals surface area contributed by atoms with Gasteiger partial charge in [-0.25, -0.2) is 0 Å². The quantitative estimate of drug-likeness (QED) is 0.470. The fourth-order valence-corrected chi connectivity index (χ4v) is 1.48. The predicted octanol–water partition coefficient (Wildman–Crippen LogP) is 0.955. The van der Waals surface area contributed by atoms with E-state index in [1.54, 1.807) is 0 Å². The molecule has 0 unspecified atom stereocenters. The van der Waals surface area contributed by atoms with E-state index in [0.29, 0.717) is 6.54 Å². The zero-order valence-corrected chi connectivity index (χ0v) is 11.3. The highest BCUT2D eigenvalue weighted by Gasteiger charge is 2.19. The number of nitrogens with one attached hydrogen (secondary N) is 1. The Balaban J connectivity index is 2.18. The van der Waals surface area contributed by atoms with E-state index in [1.807, 2.05) is 6.92 Å². The van der Waals surface area contributed by atoms with Gasteiger partial charge in [0.05, 0.1) is 28.7 Å². The number of aryl methyl sites for hydroxylation is 1. The largest absolute Gasteiger partial charge is 0.301 e. The lowest BCUT2D eigenvalue weighted by Crippen LogP contribution is -2.00. The highest BCUT2D eigenvalue weighted by Crippen LogP contribution is 2.28. The summed E-state index contributed by atoms with van der Waals surface area (Å²) in [7, 11) is 0. The van der Waals surface area contributed by atoms with E-state index in [-0.39, 0.29) is 17.2 Å². The van der Waals surface area contributed by atoms with Gasteiger partial charge in [-0.1, -0.05) is 0 Å². The van der Waals surface area contributed by atoms with Gasteiger partial charge in [0, 0.05) is 6.07 Å². The van der Waals surface area contributed by atoms with Crippen LogP contribution in [0.5, 0.6) is 0 Å². The van der Waals surface area contributed by atoms with Gasteiger partial charge >= 0.3 is 5.69 Å². The Morgan fingerprint density at radius 3 is 2.73 bits per heavy atom. The average Bonchev–Trinajstić information content (AvgIpc) is 2.95. The number of hydrogen-bond acceptors (Lipinski definition) is 9. The third kappa shape index (κ3) is 3.36. The molecule has 12 heteroatoms. The summed E-state index contributed by atoms with van der Waals surface area (Å²) in [5, 5.41) is 36.6. The van der Waals surface area contributed by atoms with E-state index in [4.69, 9.17) is 0 Å². The molecule has 0 saturated carbocycles. The summed E-state index contributed by atoms with van der Waals surface area (Å²) >= 11 is 0. The molecule has 0 amide bonds. The van der Waals surface area contributed by atoms with Crippen molar-refractivity contribution in [3.8, 4) is 0 Å². The summed E-state index contributed by atoms with van der Waals surface area (Å²) in [5.74, 6) is 0.221. The van der Waals surface area contributed by atoms with Gasteiger partial charge in [0.15, 0.2) is 0 Å². The van der Waals surface area contributed by atoms with Crippen molar-refractivity contribution in [2.24, 2.45) is 5.10 Å². The zero-order chi connectivity index (χ0) is 16.1. The number of nitro groups is 2. The molecule has 2 rings (SSSR count). The highest BCUT2D eigenvalue weighted by atomic mass is 16.6. The Morgan fingerprint density at radius 2 is 2.14 bits per heavy atom. The second kappa shape index (κ2) is 6.34. The molecule has 0 aliphatic heterocycles. The van der Waals surface area contributed by atoms with Crippen LogP contribution in [0.2, 0.25) is 0 Å². The summed E-state index contributed by atoms with van der Waals surface area (Å²) in [4.78, 5) is 21.4. The second-order valence-corrected chi connectivity index (χ2v) is 3.92. The van der Waals surface area contributed by atoms with Crippen molar-refractivity contribution in [2.45, 2.75) is 13.5 Å². The van der Waals surface area contributed by atoms with Crippen LogP contribution in [-0.4, -0.2) is 36.3 Å². The van der Waals surface area contributed by atoms with Crippen LogP contribution in [0.3, 0.4) is 0 Å². The lowest BCUT2D eigenvalue weighted by Gasteiger charge is -2.01. The molecule has 1 N–H and O–H groups in total. The first-order valence-corrected chi connectivity index (χ1v) is 6.01. The normalized spacial score (nSPS) is 10.8. The number of rotatable bonds is 6. The van der Waals surface area contributed by atoms with Crippen molar-refractivity contribution in [2.75, 3.05) is 5.43 Å². The molecule has 1 aromatic heterocycles. The molecule has 0 aliphatic rings. The first kappa shape index (κ1) is 15.0. The molecule has 0 spiro atoms. The van der Waals surface area contributed by atoms with Gasteiger partial charge in [0.1, 0.15) is 5.69 Å². The second-order valence-electron chi connectivity index (χ2n) is 3.92. The molecular weight excluding hydrogens is 296 g/mol. The topological polar surface area (TPSA) is 154 Å². The number of nitro benzene ring substituents is 2. The minimum Gasteiger partial charge on any atom is -0.272 e. The van der Waals surface area contributed by atoms with Gasteiger partial charge in [0.2, 0.25) is 5.82 Å². The first-order chi connectivity index (χ1) is 10.5. The van der Waals surface area contributed by atoms with Gasteiger partial charge in [0.25, 0.3) is 5.69 Å². The van der Waals surface area contributed by atoms with E-state index in [2.05, 4.69) is 25.9 Å². The summed E-state index contributed by atoms with van der Waals surface area (Å²) in [5.41, 5.74) is 1.59. The van der Waals surface area contributed by atoms with Gasteiger partial charge < -0.3 is 0 Å². The van der Waals surface area contributed by atoms with Crippen molar-refractivity contribution < 1.29 is 9.85 Å². The van der Waals surface area contributed by atoms with Crippen LogP contribution in [0.25, 0.3) is 0 Å². The molecule has 12 nitrogen and oxygen atoms in total. The molecule has 2 aromatic rings. The standard InChI is InChI=1S/C10H10N8O4/c1-2-16-14-10(13-15-16)6-11-12-8-4-3-7(17(19)20)5-9(8)18(21)22/h3-6,12H,2H2,1H3/b11-6+. The van der Waals surface area contributed by atoms with Gasteiger partial charge in [-0.15, -0.1) is 10.2 Å². The monoisotopic (exact) mass is 306 g/mol. The van der Waals surface area contributed by atoms with E-state index in [0.717, 1.165) is 12.1 Å². The molecule has 1 aromatic carbocycles. The average molecular weight is 306 g/mol. The number of aromatic nitrogens is 4. The smallest absolute Gasteiger partial charge is 0.272 e. The number of anilines is 1. The van der Waals surface area contributed by atoms with Crippen LogP contribution >= 0.6 is 0 Å². The Morgan fingerprint density at radius 1 is 1.36 bits per heavy atom. The van der Waals surface area contributed by atoms with E-state index >= 15 is 0 Å². The lowest BCUT2D eigenvalue weighted by atomic mass is 10.2. The lowest BCUT2D eigenvalue weighted by molar-refractivity contribution is -0.393. The third-order valence-electron chi connectivity index (χ3n) is 2.51. The van der Waals surface area contributed by atoms with Crippen LogP contribution in [-0.2, 0) is 6.54 Å². The van der Waals surface area contributed by atoms with Crippen LogP contribution in [0.4, 0.5) is 17.1 Å². The van der Waals surface area contributed by atoms with Crippen LogP contribution in [0.1, 0.15) is 12.7 Å². The van der Waals surface area contributed by atoms with Crippen LogP contribution in [0.15, 0.2) is 23.3 Å². The number of hydrogen-bond donors (Lipinski definition) is 1. The summed E-state index contributed by atoms with van der Waals surface area (Å²) < 4.78 is 0. The van der Waals surface area contributed by atoms with Gasteiger partial charge in [-0.05, 0) is 18.2 Å². The van der Waals surface area contributed by atoms with E-state index in [9.17, 15) is 20.2 Å². The molecule has 0 saturated heterocycles. The highest BCUT2D eigenvalue weighted by molar-refractivity contribution is 5.75. The van der Waals surface area contributed by atoms with Crippen molar-refractivity contribution in [1.29, 1.82) is 0 Å². The number of non-ortho nitro benzene ring substituents is 1. The fraction of sp³-hybridized carbons (Fsp3) is 0.200. The molecule has 0 aliphatic carbocycles. The molecule has 0 atom stereocenters. The van der Waals surface area contributed by atoms with Gasteiger partial charge in [-0.2, -0.15) is 9.90 Å². The minimum atomic E-state index is -0.740. The molecule has 0 fully saturated rings. The number of nitrogens with zero attached hydrogens (tertiary/aromatic N) is 7. The summed E-state index contributed by atoms with van der Waals surface area (Å²) in [6.07, 6.45) is 1.23. The Labute approximate surface area is 122 Å². The molecule has 1 heterocycles. The number of benzene rings is 1. The summed E-state index contributed by atoms with van der Waals surface area (Å²) in [6.45, 7) is 2.38. The van der Waals surface area contributed by atoms with Crippen LogP contribution in [0, 0.1) is 20.2 Å². The maximum atomic E-state index is 10.9. The van der Waals surface area contributed by atoms with Crippen molar-refractivity contribution in [3.63, 3.8) is 0 Å². The van der Waals surface area contributed by atoms with E-state index in [1.165, 1.54) is 17.1 Å². The Hall–Kier alpha value is -3.44.